The zero-order chi connectivity index (χ0) is 17.9. The molecular formula is C21H21N3OS. The molecule has 0 saturated carbocycles. The Morgan fingerprint density at radius 1 is 1.27 bits per heavy atom. The van der Waals surface area contributed by atoms with Crippen LogP contribution in [0.5, 0.6) is 0 Å². The molecule has 0 N–H and O–H groups in total. The number of hydrogen-bond donors (Lipinski definition) is 0. The van der Waals surface area contributed by atoms with Gasteiger partial charge in [0.2, 0.25) is 5.91 Å². The summed E-state index contributed by atoms with van der Waals surface area (Å²) in [6, 6.07) is 14.0. The molecule has 4 rings (SSSR count). The third-order valence-corrected chi connectivity index (χ3v) is 5.62. The lowest BCUT2D eigenvalue weighted by Gasteiger charge is -2.32. The largest absolute Gasteiger partial charge is 0.359 e. The fourth-order valence-electron chi connectivity index (χ4n) is 3.50. The van der Waals surface area contributed by atoms with Crippen LogP contribution in [-0.4, -0.2) is 23.5 Å². The van der Waals surface area contributed by atoms with Gasteiger partial charge in [0.25, 0.3) is 0 Å². The smallest absolute Gasteiger partial charge is 0.249 e. The number of pyridine rings is 1. The lowest BCUT2D eigenvalue weighted by atomic mass is 10.1. The van der Waals surface area contributed by atoms with E-state index in [1.165, 1.54) is 11.3 Å². The monoisotopic (exact) mass is 363 g/mol. The Morgan fingerprint density at radius 3 is 2.92 bits per heavy atom. The standard InChI is InChI=1S/C21H21N3OS/c1-16(23-11-8-18-5-2-3-7-20(18)23)21(25)24(14-17-9-12-26-15-17)19-6-4-10-22-13-19/h2-7,9-10,12-13,15-16H,8,11,14H2,1H3. The van der Waals surface area contributed by atoms with Crippen molar-refractivity contribution in [1.29, 1.82) is 0 Å². The summed E-state index contributed by atoms with van der Waals surface area (Å²) >= 11 is 1.65. The SMILES string of the molecule is CC(C(=O)N(Cc1ccsc1)c1cccnc1)N1CCc2ccccc21. The predicted octanol–water partition coefficient (Wildman–Crippen LogP) is 4.13. The van der Waals surface area contributed by atoms with Gasteiger partial charge in [0, 0.05) is 18.4 Å². The van der Waals surface area contributed by atoms with Gasteiger partial charge in [0.1, 0.15) is 6.04 Å². The Hall–Kier alpha value is -2.66. The summed E-state index contributed by atoms with van der Waals surface area (Å²) in [5.74, 6) is 0.0981. The first-order valence-corrected chi connectivity index (χ1v) is 9.75. The number of para-hydroxylation sites is 1. The van der Waals surface area contributed by atoms with Crippen LogP contribution in [-0.2, 0) is 17.8 Å². The molecule has 5 heteroatoms. The van der Waals surface area contributed by atoms with Gasteiger partial charge in [-0.2, -0.15) is 11.3 Å². The molecule has 1 unspecified atom stereocenters. The number of anilines is 2. The Kier molecular flexibility index (Phi) is 4.71. The van der Waals surface area contributed by atoms with Crippen molar-refractivity contribution in [3.8, 4) is 0 Å². The molecular weight excluding hydrogens is 342 g/mol. The number of amides is 1. The van der Waals surface area contributed by atoms with Crippen molar-refractivity contribution >= 4 is 28.6 Å². The molecule has 0 spiro atoms. The quantitative estimate of drug-likeness (QED) is 0.684. The number of hydrogen-bond acceptors (Lipinski definition) is 4. The molecule has 1 aromatic carbocycles. The Labute approximate surface area is 157 Å². The van der Waals surface area contributed by atoms with Crippen molar-refractivity contribution < 1.29 is 4.79 Å². The first kappa shape index (κ1) is 16.8. The van der Waals surface area contributed by atoms with Crippen molar-refractivity contribution in [1.82, 2.24) is 4.98 Å². The van der Waals surface area contributed by atoms with E-state index >= 15 is 0 Å². The Balaban J connectivity index is 1.62. The van der Waals surface area contributed by atoms with E-state index < -0.39 is 0 Å². The molecule has 3 heterocycles. The van der Waals surface area contributed by atoms with Gasteiger partial charge in [0.15, 0.2) is 0 Å². The second-order valence-corrected chi connectivity index (χ2v) is 7.30. The fraction of sp³-hybridized carbons (Fsp3) is 0.238. The molecule has 0 fully saturated rings. The maximum atomic E-state index is 13.4. The highest BCUT2D eigenvalue weighted by Gasteiger charge is 2.31. The van der Waals surface area contributed by atoms with E-state index in [4.69, 9.17) is 0 Å². The molecule has 0 radical (unpaired) electrons. The van der Waals surface area contributed by atoms with Crippen LogP contribution in [0.3, 0.4) is 0 Å². The van der Waals surface area contributed by atoms with Crippen LogP contribution in [0, 0.1) is 0 Å². The van der Waals surface area contributed by atoms with E-state index in [1.54, 1.807) is 23.7 Å². The average molecular weight is 363 g/mol. The zero-order valence-electron chi connectivity index (χ0n) is 14.7. The second-order valence-electron chi connectivity index (χ2n) is 6.52. The first-order valence-electron chi connectivity index (χ1n) is 8.81. The van der Waals surface area contributed by atoms with Crippen LogP contribution in [0.25, 0.3) is 0 Å². The van der Waals surface area contributed by atoms with Crippen LogP contribution < -0.4 is 9.80 Å². The summed E-state index contributed by atoms with van der Waals surface area (Å²) in [5.41, 5.74) is 4.47. The molecule has 2 aromatic heterocycles. The molecule has 132 valence electrons. The number of rotatable bonds is 5. The van der Waals surface area contributed by atoms with Gasteiger partial charge in [-0.1, -0.05) is 18.2 Å². The summed E-state index contributed by atoms with van der Waals surface area (Å²) in [6.45, 7) is 3.45. The van der Waals surface area contributed by atoms with E-state index in [9.17, 15) is 4.79 Å². The minimum Gasteiger partial charge on any atom is -0.359 e. The number of aromatic nitrogens is 1. The maximum Gasteiger partial charge on any atom is 0.249 e. The maximum absolute atomic E-state index is 13.4. The van der Waals surface area contributed by atoms with Crippen molar-refractivity contribution in [2.75, 3.05) is 16.3 Å². The van der Waals surface area contributed by atoms with Crippen molar-refractivity contribution in [3.05, 3.63) is 76.7 Å². The lowest BCUT2D eigenvalue weighted by molar-refractivity contribution is -0.119. The average Bonchev–Trinajstić information content (AvgIpc) is 3.35. The van der Waals surface area contributed by atoms with Gasteiger partial charge in [0.05, 0.1) is 18.4 Å². The summed E-state index contributed by atoms with van der Waals surface area (Å²) in [4.78, 5) is 21.7. The van der Waals surface area contributed by atoms with Crippen molar-refractivity contribution in [2.24, 2.45) is 0 Å². The predicted molar refractivity (Wildman–Crippen MR) is 107 cm³/mol. The molecule has 0 saturated heterocycles. The number of nitrogens with zero attached hydrogens (tertiary/aromatic N) is 3. The fourth-order valence-corrected chi connectivity index (χ4v) is 4.16. The summed E-state index contributed by atoms with van der Waals surface area (Å²) in [7, 11) is 0. The Morgan fingerprint density at radius 2 is 2.15 bits per heavy atom. The van der Waals surface area contributed by atoms with E-state index in [0.29, 0.717) is 6.54 Å². The van der Waals surface area contributed by atoms with Gasteiger partial charge in [-0.25, -0.2) is 0 Å². The molecule has 4 nitrogen and oxygen atoms in total. The van der Waals surface area contributed by atoms with Crippen LogP contribution in [0.15, 0.2) is 65.6 Å². The number of carbonyl (C=O) groups is 1. The molecule has 1 aliphatic rings. The van der Waals surface area contributed by atoms with Gasteiger partial charge >= 0.3 is 0 Å². The lowest BCUT2D eigenvalue weighted by Crippen LogP contribution is -2.46. The number of carbonyl (C=O) groups excluding carboxylic acids is 1. The van der Waals surface area contributed by atoms with E-state index in [0.717, 1.165) is 24.2 Å². The summed E-state index contributed by atoms with van der Waals surface area (Å²) in [5, 5.41) is 4.13. The molecule has 1 atom stereocenters. The van der Waals surface area contributed by atoms with E-state index in [1.807, 2.05) is 35.4 Å². The van der Waals surface area contributed by atoms with Gasteiger partial charge in [-0.05, 0) is 59.5 Å². The van der Waals surface area contributed by atoms with Crippen LogP contribution in [0.2, 0.25) is 0 Å². The molecule has 1 amide bonds. The van der Waals surface area contributed by atoms with Crippen LogP contribution in [0.4, 0.5) is 11.4 Å². The zero-order valence-corrected chi connectivity index (χ0v) is 15.5. The Bertz CT molecular complexity index is 879. The highest BCUT2D eigenvalue weighted by atomic mass is 32.1. The molecule has 3 aromatic rings. The molecule has 1 aliphatic heterocycles. The normalized spacial score (nSPS) is 14.1. The number of benzene rings is 1. The number of thiophene rings is 1. The highest BCUT2D eigenvalue weighted by molar-refractivity contribution is 7.07. The minimum absolute atomic E-state index is 0.0981. The van der Waals surface area contributed by atoms with Crippen molar-refractivity contribution in [3.63, 3.8) is 0 Å². The minimum atomic E-state index is -0.225. The molecule has 0 aliphatic carbocycles. The van der Waals surface area contributed by atoms with Crippen molar-refractivity contribution in [2.45, 2.75) is 25.9 Å². The summed E-state index contributed by atoms with van der Waals surface area (Å²) in [6.07, 6.45) is 4.48. The topological polar surface area (TPSA) is 36.4 Å². The van der Waals surface area contributed by atoms with E-state index in [-0.39, 0.29) is 11.9 Å². The van der Waals surface area contributed by atoms with Gasteiger partial charge in [-0.3, -0.25) is 9.78 Å². The highest BCUT2D eigenvalue weighted by Crippen LogP contribution is 2.30. The van der Waals surface area contributed by atoms with E-state index in [2.05, 4.69) is 39.5 Å². The third-order valence-electron chi connectivity index (χ3n) is 4.89. The van der Waals surface area contributed by atoms with Gasteiger partial charge < -0.3 is 9.80 Å². The van der Waals surface area contributed by atoms with Crippen LogP contribution in [0.1, 0.15) is 18.1 Å². The second kappa shape index (κ2) is 7.30. The van der Waals surface area contributed by atoms with Gasteiger partial charge in [-0.15, -0.1) is 0 Å². The molecule has 26 heavy (non-hydrogen) atoms. The number of fused-ring (bicyclic) bond motifs is 1. The summed E-state index contributed by atoms with van der Waals surface area (Å²) < 4.78 is 0. The first-order chi connectivity index (χ1) is 12.7. The van der Waals surface area contributed by atoms with Crippen LogP contribution >= 0.6 is 11.3 Å². The molecule has 0 bridgehead atoms. The third kappa shape index (κ3) is 3.22.